The van der Waals surface area contributed by atoms with Crippen LogP contribution in [0.2, 0.25) is 0 Å². The highest BCUT2D eigenvalue weighted by Gasteiger charge is 2.06. The van der Waals surface area contributed by atoms with Crippen LogP contribution in [0.15, 0.2) is 24.7 Å². The number of rotatable bonds is 2. The van der Waals surface area contributed by atoms with Gasteiger partial charge in [0.25, 0.3) is 0 Å². The van der Waals surface area contributed by atoms with Crippen molar-refractivity contribution in [1.82, 2.24) is 20.0 Å². The first-order valence-corrected chi connectivity index (χ1v) is 4.18. The smallest absolute Gasteiger partial charge is 0.197 e. The molecule has 5 heteroatoms. The highest BCUT2D eigenvalue weighted by Crippen LogP contribution is 2.19. The Labute approximate surface area is 81.3 Å². The minimum atomic E-state index is 0.649. The zero-order valence-electron chi connectivity index (χ0n) is 8.01. The van der Waals surface area contributed by atoms with Crippen LogP contribution in [0, 0.1) is 6.92 Å². The third-order valence-corrected chi connectivity index (χ3v) is 1.83. The van der Waals surface area contributed by atoms with Gasteiger partial charge in [-0.05, 0) is 18.6 Å². The fourth-order valence-corrected chi connectivity index (χ4v) is 1.18. The van der Waals surface area contributed by atoms with Crippen LogP contribution in [-0.2, 0) is 0 Å². The van der Waals surface area contributed by atoms with Crippen molar-refractivity contribution in [3.63, 3.8) is 0 Å². The normalized spacial score (nSPS) is 10.1. The lowest BCUT2D eigenvalue weighted by molar-refractivity contribution is 0.408. The van der Waals surface area contributed by atoms with Crippen molar-refractivity contribution in [2.75, 3.05) is 7.11 Å². The Kier molecular flexibility index (Phi) is 2.14. The van der Waals surface area contributed by atoms with Gasteiger partial charge in [0.15, 0.2) is 11.6 Å². The summed E-state index contributed by atoms with van der Waals surface area (Å²) in [5.41, 5.74) is 1.05. The summed E-state index contributed by atoms with van der Waals surface area (Å²) in [4.78, 5) is 4.23. The molecule has 0 aliphatic heterocycles. The van der Waals surface area contributed by atoms with Crippen LogP contribution in [0.3, 0.4) is 0 Å². The van der Waals surface area contributed by atoms with E-state index >= 15 is 0 Å². The van der Waals surface area contributed by atoms with E-state index in [0.29, 0.717) is 11.6 Å². The van der Waals surface area contributed by atoms with Gasteiger partial charge >= 0.3 is 0 Å². The molecule has 0 saturated carbocycles. The summed E-state index contributed by atoms with van der Waals surface area (Å²) in [6.45, 7) is 1.96. The molecule has 0 bridgehead atoms. The van der Waals surface area contributed by atoms with E-state index in [-0.39, 0.29) is 0 Å². The standard InChI is InChI=1S/C9H10N4O/c1-7-5-8(14-2)9(10-6-7)13-4-3-11-12-13/h3-6H,1-2H3. The fourth-order valence-electron chi connectivity index (χ4n) is 1.18. The molecule has 0 atom stereocenters. The minimum absolute atomic E-state index is 0.649. The topological polar surface area (TPSA) is 52.8 Å². The zero-order valence-corrected chi connectivity index (χ0v) is 8.01. The van der Waals surface area contributed by atoms with Gasteiger partial charge in [-0.3, -0.25) is 0 Å². The third-order valence-electron chi connectivity index (χ3n) is 1.83. The van der Waals surface area contributed by atoms with Gasteiger partial charge in [-0.15, -0.1) is 5.10 Å². The molecule has 0 N–H and O–H groups in total. The molecule has 0 aliphatic rings. The molecule has 14 heavy (non-hydrogen) atoms. The highest BCUT2D eigenvalue weighted by molar-refractivity contribution is 5.41. The van der Waals surface area contributed by atoms with Gasteiger partial charge in [0.2, 0.25) is 0 Å². The minimum Gasteiger partial charge on any atom is -0.493 e. The van der Waals surface area contributed by atoms with E-state index in [4.69, 9.17) is 4.74 Å². The molecule has 2 heterocycles. The number of pyridine rings is 1. The Morgan fingerprint density at radius 3 is 2.93 bits per heavy atom. The van der Waals surface area contributed by atoms with Crippen molar-refractivity contribution >= 4 is 0 Å². The van der Waals surface area contributed by atoms with E-state index in [1.807, 2.05) is 13.0 Å². The molecule has 0 unspecified atom stereocenters. The van der Waals surface area contributed by atoms with Gasteiger partial charge < -0.3 is 4.74 Å². The molecular weight excluding hydrogens is 180 g/mol. The van der Waals surface area contributed by atoms with Crippen LogP contribution >= 0.6 is 0 Å². The molecule has 0 amide bonds. The van der Waals surface area contributed by atoms with E-state index in [0.717, 1.165) is 5.56 Å². The Bertz CT molecular complexity index is 424. The molecule has 72 valence electrons. The van der Waals surface area contributed by atoms with Crippen molar-refractivity contribution in [2.45, 2.75) is 6.92 Å². The Morgan fingerprint density at radius 1 is 1.43 bits per heavy atom. The number of hydrogen-bond acceptors (Lipinski definition) is 4. The van der Waals surface area contributed by atoms with Gasteiger partial charge in [-0.25, -0.2) is 4.98 Å². The average Bonchev–Trinajstić information content (AvgIpc) is 2.70. The lowest BCUT2D eigenvalue weighted by Crippen LogP contribution is -2.02. The van der Waals surface area contributed by atoms with E-state index in [1.165, 1.54) is 0 Å². The van der Waals surface area contributed by atoms with Crippen molar-refractivity contribution in [3.05, 3.63) is 30.2 Å². The molecule has 0 radical (unpaired) electrons. The first-order valence-electron chi connectivity index (χ1n) is 4.18. The summed E-state index contributed by atoms with van der Waals surface area (Å²) in [6, 6.07) is 1.91. The van der Waals surface area contributed by atoms with E-state index < -0.39 is 0 Å². The van der Waals surface area contributed by atoms with E-state index in [1.54, 1.807) is 30.4 Å². The molecule has 0 aliphatic carbocycles. The molecule has 0 aromatic carbocycles. The second-order valence-electron chi connectivity index (χ2n) is 2.89. The first-order chi connectivity index (χ1) is 6.81. The number of aromatic nitrogens is 4. The number of aryl methyl sites for hydroxylation is 1. The zero-order chi connectivity index (χ0) is 9.97. The molecule has 0 fully saturated rings. The van der Waals surface area contributed by atoms with Gasteiger partial charge in [0.1, 0.15) is 0 Å². The van der Waals surface area contributed by atoms with Crippen LogP contribution in [0.25, 0.3) is 5.82 Å². The van der Waals surface area contributed by atoms with Crippen molar-refractivity contribution in [1.29, 1.82) is 0 Å². The second kappa shape index (κ2) is 3.45. The highest BCUT2D eigenvalue weighted by atomic mass is 16.5. The Balaban J connectivity index is 2.53. The summed E-state index contributed by atoms with van der Waals surface area (Å²) >= 11 is 0. The third kappa shape index (κ3) is 1.44. The fraction of sp³-hybridized carbons (Fsp3) is 0.222. The predicted octanol–water partition coefficient (Wildman–Crippen LogP) is 0.979. The molecule has 5 nitrogen and oxygen atoms in total. The van der Waals surface area contributed by atoms with E-state index in [2.05, 4.69) is 15.3 Å². The molecule has 2 rings (SSSR count). The lowest BCUT2D eigenvalue weighted by atomic mass is 10.3. The summed E-state index contributed by atoms with van der Waals surface area (Å²) in [5.74, 6) is 1.34. The van der Waals surface area contributed by atoms with E-state index in [9.17, 15) is 0 Å². The van der Waals surface area contributed by atoms with Crippen LogP contribution in [0.1, 0.15) is 5.56 Å². The van der Waals surface area contributed by atoms with Gasteiger partial charge in [0.05, 0.1) is 19.5 Å². The molecule has 2 aromatic heterocycles. The largest absolute Gasteiger partial charge is 0.493 e. The van der Waals surface area contributed by atoms with Crippen molar-refractivity contribution in [2.24, 2.45) is 0 Å². The predicted molar refractivity (Wildman–Crippen MR) is 50.4 cm³/mol. The Morgan fingerprint density at radius 2 is 2.29 bits per heavy atom. The number of nitrogens with zero attached hydrogens (tertiary/aromatic N) is 4. The second-order valence-corrected chi connectivity index (χ2v) is 2.89. The van der Waals surface area contributed by atoms with Crippen LogP contribution < -0.4 is 4.74 Å². The summed E-state index contributed by atoms with van der Waals surface area (Å²) in [5, 5.41) is 7.56. The SMILES string of the molecule is COc1cc(C)cnc1-n1ccnn1. The van der Waals surface area contributed by atoms with Crippen molar-refractivity contribution in [3.8, 4) is 11.6 Å². The van der Waals surface area contributed by atoms with Crippen LogP contribution in [0.4, 0.5) is 0 Å². The van der Waals surface area contributed by atoms with Crippen LogP contribution in [0.5, 0.6) is 5.75 Å². The molecule has 0 saturated heterocycles. The number of hydrogen-bond donors (Lipinski definition) is 0. The van der Waals surface area contributed by atoms with Gasteiger partial charge in [-0.1, -0.05) is 5.21 Å². The summed E-state index contributed by atoms with van der Waals surface area (Å²) in [7, 11) is 1.61. The first kappa shape index (κ1) is 8.68. The quantitative estimate of drug-likeness (QED) is 0.708. The number of ether oxygens (including phenoxy) is 1. The summed E-state index contributed by atoms with van der Waals surface area (Å²) in [6.07, 6.45) is 5.08. The van der Waals surface area contributed by atoms with Gasteiger partial charge in [0, 0.05) is 6.20 Å². The molecule has 0 spiro atoms. The maximum absolute atomic E-state index is 5.20. The monoisotopic (exact) mass is 190 g/mol. The Hall–Kier alpha value is -1.91. The summed E-state index contributed by atoms with van der Waals surface area (Å²) < 4.78 is 6.77. The maximum atomic E-state index is 5.20. The lowest BCUT2D eigenvalue weighted by Gasteiger charge is -2.06. The van der Waals surface area contributed by atoms with Crippen molar-refractivity contribution < 1.29 is 4.74 Å². The molecule has 2 aromatic rings. The maximum Gasteiger partial charge on any atom is 0.197 e. The van der Waals surface area contributed by atoms with Gasteiger partial charge in [-0.2, -0.15) is 4.68 Å². The molecular formula is C9H10N4O. The average molecular weight is 190 g/mol. The van der Waals surface area contributed by atoms with Crippen LogP contribution in [-0.4, -0.2) is 27.1 Å². The number of methoxy groups -OCH3 is 1.